The summed E-state index contributed by atoms with van der Waals surface area (Å²) in [7, 11) is -3.85. The minimum Gasteiger partial charge on any atom is -0.486 e. The van der Waals surface area contributed by atoms with Crippen LogP contribution in [0.15, 0.2) is 66.1 Å². The van der Waals surface area contributed by atoms with Gasteiger partial charge in [-0.15, -0.1) is 0 Å². The van der Waals surface area contributed by atoms with Crippen LogP contribution in [0.25, 0.3) is 0 Å². The van der Waals surface area contributed by atoms with Crippen LogP contribution in [0.3, 0.4) is 0 Å². The number of nitrogens with zero attached hydrogens (tertiary/aromatic N) is 3. The molecule has 0 N–H and O–H groups in total. The third kappa shape index (κ3) is 2.72. The average molecular weight is 397 g/mol. The molecule has 0 radical (unpaired) electrons. The molecule has 1 aromatic heterocycles. The number of hydrogen-bond donors (Lipinski definition) is 0. The van der Waals surface area contributed by atoms with E-state index in [2.05, 4.69) is 4.98 Å². The molecular weight excluding hydrogens is 378 g/mol. The Balaban J connectivity index is 1.63. The predicted octanol–water partition coefficient (Wildman–Crippen LogP) is 2.65. The summed E-state index contributed by atoms with van der Waals surface area (Å²) in [4.78, 5) is 4.25. The van der Waals surface area contributed by atoms with Crippen molar-refractivity contribution >= 4 is 15.7 Å². The second-order valence-electron chi connectivity index (χ2n) is 6.81. The Morgan fingerprint density at radius 2 is 1.89 bits per heavy atom. The minimum absolute atomic E-state index is 0.0381. The number of fused-ring (bicyclic) bond motifs is 2. The van der Waals surface area contributed by atoms with Crippen LogP contribution in [0.1, 0.15) is 11.6 Å². The Hall–Kier alpha value is -3.00. The molecule has 8 heteroatoms. The van der Waals surface area contributed by atoms with Gasteiger partial charge in [-0.2, -0.15) is 0 Å². The van der Waals surface area contributed by atoms with Crippen LogP contribution < -0.4 is 13.8 Å². The van der Waals surface area contributed by atoms with Gasteiger partial charge in [0.05, 0.1) is 24.6 Å². The summed E-state index contributed by atoms with van der Waals surface area (Å²) in [5.74, 6) is 0.750. The molecule has 2 aromatic carbocycles. The van der Waals surface area contributed by atoms with E-state index in [1.807, 2.05) is 35.0 Å². The molecular formula is C20H19N3O4S. The zero-order chi connectivity index (χ0) is 19.1. The number of benzene rings is 2. The van der Waals surface area contributed by atoms with Crippen molar-refractivity contribution < 1.29 is 17.9 Å². The molecule has 5 rings (SSSR count). The van der Waals surface area contributed by atoms with Crippen molar-refractivity contribution in [3.8, 4) is 11.5 Å². The van der Waals surface area contributed by atoms with Crippen molar-refractivity contribution in [1.29, 1.82) is 0 Å². The van der Waals surface area contributed by atoms with Crippen LogP contribution in [0, 0.1) is 0 Å². The smallest absolute Gasteiger partial charge is 0.268 e. The first-order valence-corrected chi connectivity index (χ1v) is 10.6. The molecule has 2 aliphatic heterocycles. The standard InChI is InChI=1S/C20H19N3O4S/c24-28(25,19-7-3-6-18-20(19)27-11-10-26-18)23-13-16(22-9-8-21-14-22)12-15-4-1-2-5-17(15)23/h1-9,14,16H,10-13H2. The number of hydrogen-bond acceptors (Lipinski definition) is 5. The highest BCUT2D eigenvalue weighted by Gasteiger charge is 2.36. The Labute approximate surface area is 163 Å². The van der Waals surface area contributed by atoms with Crippen LogP contribution in [-0.2, 0) is 16.4 Å². The van der Waals surface area contributed by atoms with Gasteiger partial charge in [0.15, 0.2) is 11.5 Å². The van der Waals surface area contributed by atoms with Crippen LogP contribution in [-0.4, -0.2) is 37.7 Å². The predicted molar refractivity (Wildman–Crippen MR) is 103 cm³/mol. The fraction of sp³-hybridized carbons (Fsp3) is 0.250. The van der Waals surface area contributed by atoms with E-state index in [-0.39, 0.29) is 16.7 Å². The summed E-state index contributed by atoms with van der Waals surface area (Å²) in [6.07, 6.45) is 6.04. The topological polar surface area (TPSA) is 73.7 Å². The van der Waals surface area contributed by atoms with E-state index in [0.717, 1.165) is 12.0 Å². The zero-order valence-electron chi connectivity index (χ0n) is 15.1. The summed E-state index contributed by atoms with van der Waals surface area (Å²) in [5, 5.41) is 0. The van der Waals surface area contributed by atoms with Gasteiger partial charge in [-0.3, -0.25) is 4.31 Å². The Bertz CT molecular complexity index is 1110. The van der Waals surface area contributed by atoms with Crippen LogP contribution in [0.5, 0.6) is 11.5 Å². The monoisotopic (exact) mass is 397 g/mol. The van der Waals surface area contributed by atoms with Gasteiger partial charge < -0.3 is 14.0 Å². The maximum atomic E-state index is 13.7. The van der Waals surface area contributed by atoms with E-state index >= 15 is 0 Å². The summed E-state index contributed by atoms with van der Waals surface area (Å²) >= 11 is 0. The van der Waals surface area contributed by atoms with Gasteiger partial charge in [0, 0.05) is 12.4 Å². The van der Waals surface area contributed by atoms with E-state index in [1.165, 1.54) is 4.31 Å². The van der Waals surface area contributed by atoms with Crippen LogP contribution in [0.4, 0.5) is 5.69 Å². The van der Waals surface area contributed by atoms with Crippen molar-refractivity contribution in [1.82, 2.24) is 9.55 Å². The first-order chi connectivity index (χ1) is 13.6. The molecule has 0 bridgehead atoms. The quantitative estimate of drug-likeness (QED) is 0.679. The van der Waals surface area contributed by atoms with Crippen molar-refractivity contribution in [2.24, 2.45) is 0 Å². The second kappa shape index (κ2) is 6.56. The molecule has 28 heavy (non-hydrogen) atoms. The fourth-order valence-electron chi connectivity index (χ4n) is 3.82. The van der Waals surface area contributed by atoms with Gasteiger partial charge in [-0.25, -0.2) is 13.4 Å². The maximum absolute atomic E-state index is 13.7. The molecule has 0 saturated carbocycles. The van der Waals surface area contributed by atoms with Gasteiger partial charge in [0.1, 0.15) is 18.1 Å². The van der Waals surface area contributed by atoms with E-state index in [9.17, 15) is 8.42 Å². The molecule has 3 heterocycles. The number of imidazole rings is 1. The number of aromatic nitrogens is 2. The Morgan fingerprint density at radius 1 is 1.04 bits per heavy atom. The second-order valence-corrected chi connectivity index (χ2v) is 8.64. The lowest BCUT2D eigenvalue weighted by Crippen LogP contribution is -2.41. The zero-order valence-corrected chi connectivity index (χ0v) is 15.9. The van der Waals surface area contributed by atoms with E-state index in [4.69, 9.17) is 9.47 Å². The first-order valence-electron chi connectivity index (χ1n) is 9.11. The van der Waals surface area contributed by atoms with Crippen LogP contribution >= 0.6 is 0 Å². The Morgan fingerprint density at radius 3 is 2.75 bits per heavy atom. The van der Waals surface area contributed by atoms with Crippen molar-refractivity contribution in [2.45, 2.75) is 17.4 Å². The van der Waals surface area contributed by atoms with E-state index in [0.29, 0.717) is 31.2 Å². The summed E-state index contributed by atoms with van der Waals surface area (Å²) in [5.41, 5.74) is 1.69. The number of para-hydroxylation sites is 2. The molecule has 1 atom stereocenters. The fourth-order valence-corrected chi connectivity index (χ4v) is 5.50. The number of rotatable bonds is 3. The molecule has 7 nitrogen and oxygen atoms in total. The lowest BCUT2D eigenvalue weighted by molar-refractivity contribution is 0.167. The van der Waals surface area contributed by atoms with Gasteiger partial charge in [-0.05, 0) is 30.2 Å². The molecule has 0 amide bonds. The normalized spacial score (nSPS) is 18.6. The summed E-state index contributed by atoms with van der Waals surface area (Å²) < 4.78 is 42.1. The maximum Gasteiger partial charge on any atom is 0.268 e. The lowest BCUT2D eigenvalue weighted by atomic mass is 10.00. The van der Waals surface area contributed by atoms with Crippen LogP contribution in [0.2, 0.25) is 0 Å². The third-order valence-corrected chi connectivity index (χ3v) is 6.94. The largest absolute Gasteiger partial charge is 0.486 e. The molecule has 3 aromatic rings. The molecule has 0 saturated heterocycles. The molecule has 0 spiro atoms. The third-order valence-electron chi connectivity index (χ3n) is 5.14. The highest BCUT2D eigenvalue weighted by Crippen LogP contribution is 2.41. The molecule has 1 unspecified atom stereocenters. The summed E-state index contributed by atoms with van der Waals surface area (Å²) in [6, 6.07) is 12.6. The van der Waals surface area contributed by atoms with Crippen molar-refractivity contribution in [3.63, 3.8) is 0 Å². The highest BCUT2D eigenvalue weighted by molar-refractivity contribution is 7.93. The van der Waals surface area contributed by atoms with Crippen molar-refractivity contribution in [3.05, 3.63) is 66.7 Å². The van der Waals surface area contributed by atoms with Gasteiger partial charge in [0.25, 0.3) is 10.0 Å². The van der Waals surface area contributed by atoms with E-state index < -0.39 is 10.0 Å². The van der Waals surface area contributed by atoms with Crippen molar-refractivity contribution in [2.75, 3.05) is 24.1 Å². The summed E-state index contributed by atoms with van der Waals surface area (Å²) in [6.45, 7) is 1.06. The Kier molecular flexibility index (Phi) is 4.01. The first kappa shape index (κ1) is 17.1. The number of anilines is 1. The van der Waals surface area contributed by atoms with Gasteiger partial charge >= 0.3 is 0 Å². The molecule has 144 valence electrons. The SMILES string of the molecule is O=S(=O)(c1cccc2c1OCCO2)N1CC(n2ccnc2)Cc2ccccc21. The minimum atomic E-state index is -3.85. The number of sulfonamides is 1. The number of ether oxygens (including phenoxy) is 2. The van der Waals surface area contributed by atoms with Gasteiger partial charge in [-0.1, -0.05) is 24.3 Å². The highest BCUT2D eigenvalue weighted by atomic mass is 32.2. The average Bonchev–Trinajstić information content (AvgIpc) is 3.27. The molecule has 0 fully saturated rings. The van der Waals surface area contributed by atoms with Gasteiger partial charge in [0.2, 0.25) is 0 Å². The molecule has 0 aliphatic carbocycles. The molecule has 2 aliphatic rings. The lowest BCUT2D eigenvalue weighted by Gasteiger charge is -2.36. The van der Waals surface area contributed by atoms with E-state index in [1.54, 1.807) is 30.7 Å².